The number of nitrogens with zero attached hydrogens (tertiary/aromatic N) is 3. The second kappa shape index (κ2) is 12.3. The molecule has 248 valence electrons. The van der Waals surface area contributed by atoms with Crippen LogP contribution in [0, 0.1) is 6.92 Å². The van der Waals surface area contributed by atoms with Crippen LogP contribution in [0.15, 0.2) is 176 Å². The third-order valence-electron chi connectivity index (χ3n) is 10.7. The molecule has 0 bridgehead atoms. The highest BCUT2D eigenvalue weighted by atomic mass is 15.1. The highest BCUT2D eigenvalue weighted by Gasteiger charge is 2.23. The number of benzene rings is 7. The van der Waals surface area contributed by atoms with Crippen molar-refractivity contribution < 1.29 is 0 Å². The number of aromatic nitrogens is 2. The number of aryl methyl sites for hydroxylation is 1. The summed E-state index contributed by atoms with van der Waals surface area (Å²) < 4.78 is 4.92. The van der Waals surface area contributed by atoms with Crippen LogP contribution in [0.1, 0.15) is 28.8 Å². The number of para-hydroxylation sites is 5. The Balaban J connectivity index is 1.15. The Bertz CT molecular complexity index is 2750. The predicted octanol–water partition coefficient (Wildman–Crippen LogP) is 13.0. The van der Waals surface area contributed by atoms with E-state index in [2.05, 4.69) is 203 Å². The van der Waals surface area contributed by atoms with E-state index in [9.17, 15) is 0 Å². The Labute approximate surface area is 303 Å². The number of rotatable bonds is 6. The van der Waals surface area contributed by atoms with Crippen LogP contribution < -0.4 is 4.90 Å². The van der Waals surface area contributed by atoms with Crippen molar-refractivity contribution in [1.29, 1.82) is 0 Å². The van der Waals surface area contributed by atoms with Crippen LogP contribution in [0.2, 0.25) is 0 Å². The molecule has 10 rings (SSSR count). The van der Waals surface area contributed by atoms with Gasteiger partial charge >= 0.3 is 0 Å². The van der Waals surface area contributed by atoms with Gasteiger partial charge in [0.2, 0.25) is 0 Å². The maximum absolute atomic E-state index is 2.46. The van der Waals surface area contributed by atoms with Crippen molar-refractivity contribution in [3.8, 4) is 11.4 Å². The van der Waals surface area contributed by atoms with Crippen LogP contribution >= 0.6 is 0 Å². The molecular weight excluding hydrogens is 631 g/mol. The second-order valence-corrected chi connectivity index (χ2v) is 13.8. The van der Waals surface area contributed by atoms with Crippen LogP contribution in [0.3, 0.4) is 0 Å². The summed E-state index contributed by atoms with van der Waals surface area (Å²) in [5, 5.41) is 3.83. The van der Waals surface area contributed by atoms with E-state index >= 15 is 0 Å². The van der Waals surface area contributed by atoms with Crippen LogP contribution in [0.25, 0.3) is 55.7 Å². The van der Waals surface area contributed by atoms with Gasteiger partial charge in [0.1, 0.15) is 0 Å². The van der Waals surface area contributed by atoms with E-state index in [-0.39, 0.29) is 0 Å². The Hall–Kier alpha value is -6.58. The van der Waals surface area contributed by atoms with E-state index in [1.165, 1.54) is 77.7 Å². The molecule has 2 aromatic heterocycles. The van der Waals surface area contributed by atoms with E-state index in [1.807, 2.05) is 0 Å². The van der Waals surface area contributed by atoms with Crippen LogP contribution in [0.4, 0.5) is 17.1 Å². The smallest absolute Gasteiger partial charge is 0.0562 e. The highest BCUT2D eigenvalue weighted by molar-refractivity contribution is 6.11. The van der Waals surface area contributed by atoms with Gasteiger partial charge in [0, 0.05) is 50.2 Å². The second-order valence-electron chi connectivity index (χ2n) is 13.8. The topological polar surface area (TPSA) is 13.1 Å². The predicted molar refractivity (Wildman–Crippen MR) is 220 cm³/mol. The number of allylic oxidation sites excluding steroid dienone is 1. The summed E-state index contributed by atoms with van der Waals surface area (Å²) in [4.78, 5) is 2.38. The van der Waals surface area contributed by atoms with Crippen molar-refractivity contribution in [2.75, 3.05) is 4.90 Å². The first-order valence-electron chi connectivity index (χ1n) is 18.2. The summed E-state index contributed by atoms with van der Waals surface area (Å²) in [6.45, 7) is 2.24. The molecule has 0 atom stereocenters. The first kappa shape index (κ1) is 30.3. The molecule has 9 aromatic rings. The van der Waals surface area contributed by atoms with Crippen molar-refractivity contribution in [1.82, 2.24) is 9.13 Å². The number of fused-ring (bicyclic) bond motifs is 6. The minimum Gasteiger partial charge on any atom is -0.313 e. The maximum atomic E-state index is 2.46. The summed E-state index contributed by atoms with van der Waals surface area (Å²) in [6.07, 6.45) is 4.42. The molecule has 0 unspecified atom stereocenters. The lowest BCUT2D eigenvalue weighted by atomic mass is 9.91. The third kappa shape index (κ3) is 4.89. The summed E-state index contributed by atoms with van der Waals surface area (Å²) in [6, 6.07) is 63.8. The molecule has 1 aliphatic carbocycles. The normalized spacial score (nSPS) is 12.7. The van der Waals surface area contributed by atoms with Gasteiger partial charge < -0.3 is 14.0 Å². The van der Waals surface area contributed by atoms with E-state index in [4.69, 9.17) is 0 Å². The number of hydrogen-bond acceptors (Lipinski definition) is 1. The standard InChI is InChI=1S/C49H37N3/c1-34-30-43-41-24-11-14-27-46(41)52(49(43)33-48(34)50(37-17-5-2-6-18-37)38-19-7-3-8-20-38)40-23-15-16-35(31-40)36-28-29-47-44(32-36)42-25-12-13-26-45(42)51(47)39-21-9-4-10-22-39/h2-27,30-33H,28-29H2,1H3. The molecule has 3 heteroatoms. The van der Waals surface area contributed by atoms with Gasteiger partial charge in [-0.15, -0.1) is 0 Å². The molecule has 2 heterocycles. The van der Waals surface area contributed by atoms with Gasteiger partial charge in [-0.3, -0.25) is 0 Å². The van der Waals surface area contributed by atoms with Crippen LogP contribution in [-0.2, 0) is 6.42 Å². The van der Waals surface area contributed by atoms with Gasteiger partial charge in [-0.05, 0) is 115 Å². The van der Waals surface area contributed by atoms with Crippen LogP contribution in [-0.4, -0.2) is 9.13 Å². The van der Waals surface area contributed by atoms with Gasteiger partial charge in [0.15, 0.2) is 0 Å². The lowest BCUT2D eigenvalue weighted by molar-refractivity contribution is 0.898. The molecule has 0 spiro atoms. The van der Waals surface area contributed by atoms with E-state index in [1.54, 1.807) is 0 Å². The Morgan fingerprint density at radius 3 is 1.77 bits per heavy atom. The summed E-state index contributed by atoms with van der Waals surface area (Å²) in [7, 11) is 0. The minimum atomic E-state index is 0.985. The van der Waals surface area contributed by atoms with Gasteiger partial charge in [-0.2, -0.15) is 0 Å². The first-order chi connectivity index (χ1) is 25.7. The van der Waals surface area contributed by atoms with Gasteiger partial charge in [0.25, 0.3) is 0 Å². The van der Waals surface area contributed by atoms with Crippen molar-refractivity contribution in [3.63, 3.8) is 0 Å². The van der Waals surface area contributed by atoms with Crippen molar-refractivity contribution >= 4 is 61.4 Å². The Morgan fingerprint density at radius 1 is 0.462 bits per heavy atom. The molecule has 0 radical (unpaired) electrons. The van der Waals surface area contributed by atoms with E-state index in [0.29, 0.717) is 0 Å². The van der Waals surface area contributed by atoms with E-state index in [0.717, 1.165) is 24.2 Å². The van der Waals surface area contributed by atoms with Gasteiger partial charge in [0.05, 0.1) is 22.2 Å². The fourth-order valence-corrected chi connectivity index (χ4v) is 8.38. The molecule has 0 saturated heterocycles. The lowest BCUT2D eigenvalue weighted by Crippen LogP contribution is -2.11. The summed E-state index contributed by atoms with van der Waals surface area (Å²) in [5.41, 5.74) is 16.1. The summed E-state index contributed by atoms with van der Waals surface area (Å²) in [5.74, 6) is 0. The average molecular weight is 668 g/mol. The zero-order valence-electron chi connectivity index (χ0n) is 29.1. The minimum absolute atomic E-state index is 0.985. The number of hydrogen-bond donors (Lipinski definition) is 0. The zero-order valence-corrected chi connectivity index (χ0v) is 29.1. The molecule has 0 fully saturated rings. The lowest BCUT2D eigenvalue weighted by Gasteiger charge is -2.27. The van der Waals surface area contributed by atoms with Gasteiger partial charge in [-0.25, -0.2) is 0 Å². The molecule has 1 aliphatic rings. The average Bonchev–Trinajstić information content (AvgIpc) is 3.71. The fraction of sp³-hybridized carbons (Fsp3) is 0.0612. The highest BCUT2D eigenvalue weighted by Crippen LogP contribution is 2.43. The molecular formula is C49H37N3. The molecule has 0 saturated carbocycles. The molecule has 52 heavy (non-hydrogen) atoms. The molecule has 0 amide bonds. The zero-order chi connectivity index (χ0) is 34.6. The summed E-state index contributed by atoms with van der Waals surface area (Å²) >= 11 is 0. The van der Waals surface area contributed by atoms with Crippen molar-refractivity contribution in [2.45, 2.75) is 19.8 Å². The SMILES string of the molecule is Cc1cc2c3ccccc3n(-c3cccc(C4=Cc5c(n(-c6ccccc6)c6ccccc56)CC4)c3)c2cc1N(c1ccccc1)c1ccccc1. The van der Waals surface area contributed by atoms with Crippen molar-refractivity contribution in [3.05, 3.63) is 198 Å². The molecule has 7 aromatic carbocycles. The molecule has 0 N–H and O–H groups in total. The third-order valence-corrected chi connectivity index (χ3v) is 10.7. The molecule has 0 aliphatic heterocycles. The monoisotopic (exact) mass is 667 g/mol. The Kier molecular flexibility index (Phi) is 7.17. The quantitative estimate of drug-likeness (QED) is 0.172. The Morgan fingerprint density at radius 2 is 1.06 bits per heavy atom. The fourth-order valence-electron chi connectivity index (χ4n) is 8.38. The van der Waals surface area contributed by atoms with Crippen LogP contribution in [0.5, 0.6) is 0 Å². The number of anilines is 3. The van der Waals surface area contributed by atoms with E-state index < -0.39 is 0 Å². The first-order valence-corrected chi connectivity index (χ1v) is 18.2. The maximum Gasteiger partial charge on any atom is 0.0562 e. The molecule has 3 nitrogen and oxygen atoms in total. The van der Waals surface area contributed by atoms with Crippen molar-refractivity contribution in [2.24, 2.45) is 0 Å². The van der Waals surface area contributed by atoms with Gasteiger partial charge in [-0.1, -0.05) is 103 Å². The largest absolute Gasteiger partial charge is 0.313 e.